The second-order valence-electron chi connectivity index (χ2n) is 6.51. The van der Waals surface area contributed by atoms with E-state index in [2.05, 4.69) is 15.1 Å². The fourth-order valence-corrected chi connectivity index (χ4v) is 3.76. The van der Waals surface area contributed by atoms with Crippen LogP contribution in [0, 0.1) is 13.8 Å². The lowest BCUT2D eigenvalue weighted by atomic mass is 10.1. The molecular weight excluding hydrogens is 416 g/mol. The zero-order valence-corrected chi connectivity index (χ0v) is 17.8. The van der Waals surface area contributed by atoms with Crippen molar-refractivity contribution in [2.75, 3.05) is 19.5 Å². The van der Waals surface area contributed by atoms with Crippen molar-refractivity contribution >= 4 is 35.1 Å². The van der Waals surface area contributed by atoms with Crippen LogP contribution in [0.15, 0.2) is 17.3 Å². The van der Waals surface area contributed by atoms with Crippen LogP contribution >= 0.6 is 23.4 Å². The van der Waals surface area contributed by atoms with E-state index in [9.17, 15) is 4.79 Å². The van der Waals surface area contributed by atoms with E-state index in [4.69, 9.17) is 25.8 Å². The number of carbonyl (C=O) groups is 1. The fourth-order valence-electron chi connectivity index (χ4n) is 3.14. The van der Waals surface area contributed by atoms with Gasteiger partial charge in [0.15, 0.2) is 11.5 Å². The fraction of sp³-hybridized carbons (Fsp3) is 0.368. The van der Waals surface area contributed by atoms with Crippen LogP contribution in [0.3, 0.4) is 0 Å². The van der Waals surface area contributed by atoms with E-state index in [1.807, 2.05) is 20.1 Å². The first-order valence-electron chi connectivity index (χ1n) is 8.96. The number of benzene rings is 1. The number of hydrogen-bond donors (Lipinski definition) is 0. The van der Waals surface area contributed by atoms with Gasteiger partial charge in [-0.15, -0.1) is 5.10 Å². The standard InChI is InChI=1S/C19H19ClN4O4S/c1-10-13(11(2)24-18(21-10)22-19(23-24)29-3)8-16(25)28-9-12-6-14(20)17-15(7-12)26-4-5-27-17/h6-7H,4-5,8-9H2,1-3H3. The van der Waals surface area contributed by atoms with Crippen LogP contribution < -0.4 is 9.47 Å². The van der Waals surface area contributed by atoms with Gasteiger partial charge >= 0.3 is 5.97 Å². The molecule has 10 heteroatoms. The van der Waals surface area contributed by atoms with Gasteiger partial charge in [-0.05, 0) is 37.8 Å². The Morgan fingerprint density at radius 2 is 2.07 bits per heavy atom. The largest absolute Gasteiger partial charge is 0.486 e. The Bertz CT molecular complexity index is 1100. The topological polar surface area (TPSA) is 87.8 Å². The number of carbonyl (C=O) groups excluding carboxylic acids is 1. The molecule has 4 rings (SSSR count). The van der Waals surface area contributed by atoms with Crippen molar-refractivity contribution in [3.63, 3.8) is 0 Å². The number of thioether (sulfide) groups is 1. The van der Waals surface area contributed by atoms with Crippen LogP contribution in [0.1, 0.15) is 22.5 Å². The number of rotatable bonds is 5. The summed E-state index contributed by atoms with van der Waals surface area (Å²) in [5, 5.41) is 5.47. The number of nitrogens with zero attached hydrogens (tertiary/aromatic N) is 4. The van der Waals surface area contributed by atoms with Crippen LogP contribution in [0.4, 0.5) is 0 Å². The van der Waals surface area contributed by atoms with Gasteiger partial charge in [-0.25, -0.2) is 9.50 Å². The van der Waals surface area contributed by atoms with Crippen molar-refractivity contribution in [3.05, 3.63) is 39.7 Å². The van der Waals surface area contributed by atoms with Crippen LogP contribution in [0.25, 0.3) is 5.78 Å². The summed E-state index contributed by atoms with van der Waals surface area (Å²) < 4.78 is 18.2. The molecule has 1 aliphatic rings. The molecule has 0 aliphatic carbocycles. The summed E-state index contributed by atoms with van der Waals surface area (Å²) in [6.07, 6.45) is 1.99. The monoisotopic (exact) mass is 434 g/mol. The second-order valence-corrected chi connectivity index (χ2v) is 7.69. The van der Waals surface area contributed by atoms with Crippen molar-refractivity contribution in [1.29, 1.82) is 0 Å². The van der Waals surface area contributed by atoms with Gasteiger partial charge in [-0.2, -0.15) is 4.98 Å². The molecule has 2 aromatic heterocycles. The summed E-state index contributed by atoms with van der Waals surface area (Å²) in [4.78, 5) is 21.3. The minimum atomic E-state index is -0.367. The third kappa shape index (κ3) is 3.97. The Balaban J connectivity index is 1.48. The molecule has 0 saturated carbocycles. The predicted molar refractivity (Wildman–Crippen MR) is 108 cm³/mol. The molecule has 0 unspecified atom stereocenters. The molecule has 0 bridgehead atoms. The summed E-state index contributed by atoms with van der Waals surface area (Å²) in [6, 6.07) is 3.49. The van der Waals surface area contributed by atoms with E-state index in [0.717, 1.165) is 22.5 Å². The lowest BCUT2D eigenvalue weighted by Crippen LogP contribution is -2.16. The van der Waals surface area contributed by atoms with E-state index in [1.54, 1.807) is 16.6 Å². The first-order valence-corrected chi connectivity index (χ1v) is 10.6. The Hall–Kier alpha value is -2.52. The molecular formula is C19H19ClN4O4S. The predicted octanol–water partition coefficient (Wildman–Crippen LogP) is 3.17. The molecule has 0 saturated heterocycles. The summed E-state index contributed by atoms with van der Waals surface area (Å²) >= 11 is 7.67. The van der Waals surface area contributed by atoms with Gasteiger partial charge in [-0.1, -0.05) is 23.4 Å². The molecule has 1 aliphatic heterocycles. The van der Waals surface area contributed by atoms with E-state index in [0.29, 0.717) is 40.7 Å². The van der Waals surface area contributed by atoms with E-state index in [-0.39, 0.29) is 19.0 Å². The van der Waals surface area contributed by atoms with E-state index < -0.39 is 0 Å². The van der Waals surface area contributed by atoms with Crippen LogP contribution in [-0.2, 0) is 22.6 Å². The SMILES string of the molecule is CSc1nc2nc(C)c(CC(=O)OCc3cc(Cl)c4c(c3)OCCO4)c(C)n2n1. The Morgan fingerprint density at radius 1 is 1.28 bits per heavy atom. The minimum absolute atomic E-state index is 0.0862. The minimum Gasteiger partial charge on any atom is -0.486 e. The van der Waals surface area contributed by atoms with Crippen LogP contribution in [0.2, 0.25) is 5.02 Å². The van der Waals surface area contributed by atoms with Gasteiger partial charge in [0.1, 0.15) is 19.8 Å². The zero-order valence-electron chi connectivity index (χ0n) is 16.2. The van der Waals surface area contributed by atoms with Crippen molar-refractivity contribution < 1.29 is 19.0 Å². The number of halogens is 1. The number of fused-ring (bicyclic) bond motifs is 2. The molecule has 1 aromatic carbocycles. The molecule has 152 valence electrons. The van der Waals surface area contributed by atoms with Gasteiger partial charge in [-0.3, -0.25) is 4.79 Å². The first-order chi connectivity index (χ1) is 14.0. The molecule has 29 heavy (non-hydrogen) atoms. The number of ether oxygens (including phenoxy) is 3. The zero-order chi connectivity index (χ0) is 20.5. The third-order valence-corrected chi connectivity index (χ3v) is 5.41. The Kier molecular flexibility index (Phi) is 5.51. The van der Waals surface area contributed by atoms with Gasteiger partial charge in [0.25, 0.3) is 5.78 Å². The van der Waals surface area contributed by atoms with Gasteiger partial charge in [0.2, 0.25) is 5.16 Å². The van der Waals surface area contributed by atoms with Crippen LogP contribution in [0.5, 0.6) is 11.5 Å². The Labute approximate surface area is 176 Å². The molecule has 3 heterocycles. The first kappa shape index (κ1) is 19.8. The number of hydrogen-bond acceptors (Lipinski definition) is 8. The van der Waals surface area contributed by atoms with Gasteiger partial charge in [0, 0.05) is 17.0 Å². The van der Waals surface area contributed by atoms with Crippen molar-refractivity contribution in [3.8, 4) is 11.5 Å². The normalized spacial score (nSPS) is 13.0. The van der Waals surface area contributed by atoms with Crippen molar-refractivity contribution in [2.24, 2.45) is 0 Å². The Morgan fingerprint density at radius 3 is 2.86 bits per heavy atom. The highest BCUT2D eigenvalue weighted by atomic mass is 35.5. The lowest BCUT2D eigenvalue weighted by Gasteiger charge is -2.20. The van der Waals surface area contributed by atoms with Gasteiger partial charge in [0.05, 0.1) is 11.4 Å². The second kappa shape index (κ2) is 8.08. The molecule has 0 spiro atoms. The average Bonchev–Trinajstić information content (AvgIpc) is 3.13. The average molecular weight is 435 g/mol. The summed E-state index contributed by atoms with van der Waals surface area (Å²) in [7, 11) is 0. The van der Waals surface area contributed by atoms with E-state index >= 15 is 0 Å². The van der Waals surface area contributed by atoms with E-state index in [1.165, 1.54) is 11.8 Å². The number of aryl methyl sites for hydroxylation is 2. The molecule has 8 nitrogen and oxygen atoms in total. The van der Waals surface area contributed by atoms with Crippen molar-refractivity contribution in [1.82, 2.24) is 19.6 Å². The molecule has 0 N–H and O–H groups in total. The third-order valence-electron chi connectivity index (χ3n) is 4.59. The summed E-state index contributed by atoms with van der Waals surface area (Å²) in [5.74, 6) is 1.24. The molecule has 0 amide bonds. The maximum atomic E-state index is 12.5. The highest BCUT2D eigenvalue weighted by Gasteiger charge is 2.19. The summed E-state index contributed by atoms with van der Waals surface area (Å²) in [5.41, 5.74) is 3.06. The maximum absolute atomic E-state index is 12.5. The molecule has 0 fully saturated rings. The van der Waals surface area contributed by atoms with Crippen LogP contribution in [-0.4, -0.2) is 45.0 Å². The smallest absolute Gasteiger partial charge is 0.310 e. The molecule has 0 radical (unpaired) electrons. The highest BCUT2D eigenvalue weighted by molar-refractivity contribution is 7.98. The lowest BCUT2D eigenvalue weighted by molar-refractivity contribution is -0.144. The molecule has 0 atom stereocenters. The highest BCUT2D eigenvalue weighted by Crippen LogP contribution is 2.38. The maximum Gasteiger partial charge on any atom is 0.310 e. The number of esters is 1. The van der Waals surface area contributed by atoms with Crippen molar-refractivity contribution in [2.45, 2.75) is 32.0 Å². The summed E-state index contributed by atoms with van der Waals surface area (Å²) in [6.45, 7) is 4.75. The number of aromatic nitrogens is 4. The van der Waals surface area contributed by atoms with Gasteiger partial charge < -0.3 is 14.2 Å². The molecule has 3 aromatic rings. The quantitative estimate of drug-likeness (QED) is 0.447.